The molecule has 0 aliphatic heterocycles. The van der Waals surface area contributed by atoms with Gasteiger partial charge in [0.15, 0.2) is 5.78 Å². The van der Waals surface area contributed by atoms with Crippen molar-refractivity contribution < 1.29 is 19.1 Å². The molecule has 2 aromatic rings. The third-order valence-corrected chi connectivity index (χ3v) is 6.20. The summed E-state index contributed by atoms with van der Waals surface area (Å²) in [6.07, 6.45) is 3.59. The van der Waals surface area contributed by atoms with Crippen molar-refractivity contribution in [3.63, 3.8) is 0 Å². The molecule has 0 radical (unpaired) electrons. The summed E-state index contributed by atoms with van der Waals surface area (Å²) in [6.45, 7) is 0. The summed E-state index contributed by atoms with van der Waals surface area (Å²) >= 11 is 0. The number of hydrogen-bond acceptors (Lipinski definition) is 4. The van der Waals surface area contributed by atoms with Crippen LogP contribution >= 0.6 is 0 Å². The lowest BCUT2D eigenvalue weighted by Crippen LogP contribution is -2.15. The molecule has 0 saturated heterocycles. The Balaban J connectivity index is 0.000000138. The predicted octanol–water partition coefficient (Wildman–Crippen LogP) is 3.91. The van der Waals surface area contributed by atoms with Crippen molar-refractivity contribution in [3.05, 3.63) is 70.8 Å². The largest absolute Gasteiger partial charge is 0.469 e. The van der Waals surface area contributed by atoms with Crippen LogP contribution in [0.1, 0.15) is 52.2 Å². The van der Waals surface area contributed by atoms with Crippen LogP contribution in [0.4, 0.5) is 0 Å². The van der Waals surface area contributed by atoms with Gasteiger partial charge in [-0.15, -0.1) is 0 Å². The van der Waals surface area contributed by atoms with Gasteiger partial charge in [-0.1, -0.05) is 48.5 Å². The summed E-state index contributed by atoms with van der Waals surface area (Å²) in [4.78, 5) is 34.2. The molecule has 3 atom stereocenters. The summed E-state index contributed by atoms with van der Waals surface area (Å²) in [5.41, 5.74) is 4.71. The Morgan fingerprint density at radius 3 is 2.39 bits per heavy atom. The van der Waals surface area contributed by atoms with Gasteiger partial charge in [0.05, 0.1) is 13.5 Å². The topological polar surface area (TPSA) is 60.4 Å². The second kappa shape index (κ2) is 7.70. The van der Waals surface area contributed by atoms with Crippen LogP contribution in [0.15, 0.2) is 48.5 Å². The zero-order chi connectivity index (χ0) is 19.7. The fraction of sp³-hybridized carbons (Fsp3) is 0.375. The lowest BCUT2D eigenvalue weighted by molar-refractivity contribution is -0.141. The molecule has 0 amide bonds. The number of ketones is 2. The van der Waals surface area contributed by atoms with Gasteiger partial charge in [-0.05, 0) is 41.4 Å². The van der Waals surface area contributed by atoms with Gasteiger partial charge in [0.1, 0.15) is 5.78 Å². The van der Waals surface area contributed by atoms with Gasteiger partial charge < -0.3 is 4.74 Å². The molecule has 0 N–H and O–H groups in total. The predicted molar refractivity (Wildman–Crippen MR) is 105 cm³/mol. The number of ether oxygens (including phenoxy) is 1. The summed E-state index contributed by atoms with van der Waals surface area (Å²) in [6, 6.07) is 16.1. The van der Waals surface area contributed by atoms with Gasteiger partial charge >= 0.3 is 5.97 Å². The number of esters is 1. The van der Waals surface area contributed by atoms with Crippen molar-refractivity contribution in [2.45, 2.75) is 38.0 Å². The lowest BCUT2D eigenvalue weighted by Gasteiger charge is -2.06. The summed E-state index contributed by atoms with van der Waals surface area (Å²) in [7, 11) is 1.34. The van der Waals surface area contributed by atoms with Gasteiger partial charge in [-0.25, -0.2) is 0 Å². The van der Waals surface area contributed by atoms with Crippen LogP contribution in [0.25, 0.3) is 0 Å². The highest BCUT2D eigenvalue weighted by Crippen LogP contribution is 2.46. The third-order valence-electron chi connectivity index (χ3n) is 6.20. The number of rotatable bonds is 2. The molecular formula is C24H24O4. The van der Waals surface area contributed by atoms with Gasteiger partial charge in [0.2, 0.25) is 0 Å². The second-order valence-electron chi connectivity index (χ2n) is 7.92. The normalized spacial score (nSPS) is 24.1. The number of Topliss-reactive ketones (excluding diaryl/α,β-unsaturated/α-hetero) is 2. The molecule has 3 aliphatic carbocycles. The molecule has 3 aliphatic rings. The number of hydrogen-bond donors (Lipinski definition) is 0. The van der Waals surface area contributed by atoms with Crippen molar-refractivity contribution in [3.8, 4) is 0 Å². The maximum Gasteiger partial charge on any atom is 0.306 e. The van der Waals surface area contributed by atoms with E-state index in [1.807, 2.05) is 24.3 Å². The maximum absolute atomic E-state index is 11.8. The smallest absolute Gasteiger partial charge is 0.306 e. The molecule has 3 unspecified atom stereocenters. The van der Waals surface area contributed by atoms with Crippen LogP contribution in [0, 0.1) is 11.8 Å². The van der Waals surface area contributed by atoms with Crippen LogP contribution in [0.5, 0.6) is 0 Å². The minimum absolute atomic E-state index is 0.0657. The molecule has 4 heteroatoms. The highest BCUT2D eigenvalue weighted by molar-refractivity contribution is 6.03. The quantitative estimate of drug-likeness (QED) is 0.746. The van der Waals surface area contributed by atoms with Gasteiger partial charge in [-0.3, -0.25) is 14.4 Å². The minimum atomic E-state index is -0.318. The summed E-state index contributed by atoms with van der Waals surface area (Å²) < 4.78 is 4.57. The van der Waals surface area contributed by atoms with E-state index in [2.05, 4.69) is 29.0 Å². The van der Waals surface area contributed by atoms with E-state index in [-0.39, 0.29) is 24.1 Å². The fourth-order valence-corrected chi connectivity index (χ4v) is 4.84. The average molecular weight is 376 g/mol. The van der Waals surface area contributed by atoms with E-state index < -0.39 is 0 Å². The van der Waals surface area contributed by atoms with Crippen molar-refractivity contribution >= 4 is 17.5 Å². The molecular weight excluding hydrogens is 352 g/mol. The zero-order valence-corrected chi connectivity index (χ0v) is 16.0. The van der Waals surface area contributed by atoms with E-state index in [1.54, 1.807) is 0 Å². The van der Waals surface area contributed by atoms with Crippen molar-refractivity contribution in [1.29, 1.82) is 0 Å². The molecule has 0 spiro atoms. The van der Waals surface area contributed by atoms with Crippen LogP contribution in [-0.4, -0.2) is 24.6 Å². The Morgan fingerprint density at radius 1 is 0.929 bits per heavy atom. The third kappa shape index (κ3) is 3.51. The van der Waals surface area contributed by atoms with E-state index in [9.17, 15) is 14.4 Å². The molecule has 0 aromatic heterocycles. The summed E-state index contributed by atoms with van der Waals surface area (Å²) in [5, 5.41) is 0. The minimum Gasteiger partial charge on any atom is -0.469 e. The van der Waals surface area contributed by atoms with Crippen LogP contribution in [0.2, 0.25) is 0 Å². The van der Waals surface area contributed by atoms with E-state index in [0.717, 1.165) is 30.4 Å². The molecule has 28 heavy (non-hydrogen) atoms. The van der Waals surface area contributed by atoms with Crippen molar-refractivity contribution in [2.24, 2.45) is 11.8 Å². The lowest BCUT2D eigenvalue weighted by atomic mass is 9.97. The molecule has 0 heterocycles. The van der Waals surface area contributed by atoms with Crippen molar-refractivity contribution in [2.75, 3.05) is 7.11 Å². The number of fused-ring (bicyclic) bond motifs is 4. The van der Waals surface area contributed by atoms with Crippen LogP contribution in [0.3, 0.4) is 0 Å². The molecule has 144 valence electrons. The van der Waals surface area contributed by atoms with Crippen LogP contribution in [-0.2, 0) is 27.2 Å². The first-order chi connectivity index (χ1) is 13.6. The van der Waals surface area contributed by atoms with E-state index in [1.165, 1.54) is 18.2 Å². The van der Waals surface area contributed by atoms with Gasteiger partial charge in [-0.2, -0.15) is 0 Å². The first-order valence-corrected chi connectivity index (χ1v) is 9.85. The van der Waals surface area contributed by atoms with Crippen LogP contribution < -0.4 is 0 Å². The van der Waals surface area contributed by atoms with E-state index >= 15 is 0 Å². The Hall–Kier alpha value is -2.75. The SMILES string of the molecule is COC(=O)CC1Cc2ccccc2C1=O.O=C1CC2Cc3ccccc3C2C1. The Kier molecular flexibility index (Phi) is 5.12. The highest BCUT2D eigenvalue weighted by Gasteiger charge is 2.39. The average Bonchev–Trinajstić information content (AvgIpc) is 3.33. The number of carbonyl (C=O) groups excluding carboxylic acids is 3. The Bertz CT molecular complexity index is 930. The Labute approximate surface area is 164 Å². The maximum atomic E-state index is 11.8. The molecule has 0 bridgehead atoms. The summed E-state index contributed by atoms with van der Waals surface area (Å²) in [5.74, 6) is 1.17. The Morgan fingerprint density at radius 2 is 1.64 bits per heavy atom. The van der Waals surface area contributed by atoms with Gasteiger partial charge in [0.25, 0.3) is 0 Å². The second-order valence-corrected chi connectivity index (χ2v) is 7.92. The number of benzene rings is 2. The molecule has 4 nitrogen and oxygen atoms in total. The standard InChI is InChI=1S/C12H12O3.C12H12O/c1-15-11(13)7-9-6-8-4-2-3-5-10(8)12(9)14;13-10-6-9-5-8-3-1-2-4-11(8)12(9)7-10/h2-5,9H,6-7H2,1H3;1-4,9,12H,5-7H2. The van der Waals surface area contributed by atoms with Crippen molar-refractivity contribution in [1.82, 2.24) is 0 Å². The molecule has 1 fully saturated rings. The van der Waals surface area contributed by atoms with Gasteiger partial charge in [0, 0.05) is 24.3 Å². The first-order valence-electron chi connectivity index (χ1n) is 9.85. The molecule has 5 rings (SSSR count). The molecule has 2 aromatic carbocycles. The number of methoxy groups -OCH3 is 1. The highest BCUT2D eigenvalue weighted by atomic mass is 16.5. The van der Waals surface area contributed by atoms with E-state index in [0.29, 0.717) is 24.0 Å². The number of carbonyl (C=O) groups is 3. The fourth-order valence-electron chi connectivity index (χ4n) is 4.84. The van der Waals surface area contributed by atoms with E-state index in [4.69, 9.17) is 0 Å². The molecule has 1 saturated carbocycles. The first kappa shape index (κ1) is 18.6. The monoisotopic (exact) mass is 376 g/mol. The zero-order valence-electron chi connectivity index (χ0n) is 16.0.